The Morgan fingerprint density at radius 3 is 2.89 bits per heavy atom. The molecule has 0 aliphatic carbocycles. The Hall–Kier alpha value is -2.41. The Kier molecular flexibility index (Phi) is 5.38. The highest BCUT2D eigenvalue weighted by Crippen LogP contribution is 2.23. The lowest BCUT2D eigenvalue weighted by atomic mass is 10.1. The zero-order chi connectivity index (χ0) is 18.6. The predicted molar refractivity (Wildman–Crippen MR) is 104 cm³/mol. The molecule has 4 rings (SSSR count). The lowest BCUT2D eigenvalue weighted by Gasteiger charge is -2.26. The number of carbonyl (C=O) groups excluding carboxylic acids is 1. The van der Waals surface area contributed by atoms with Gasteiger partial charge in [-0.25, -0.2) is 4.68 Å². The summed E-state index contributed by atoms with van der Waals surface area (Å²) in [4.78, 5) is 19.5. The van der Waals surface area contributed by atoms with Crippen LogP contribution >= 0.6 is 0 Å². The molecule has 0 saturated carbocycles. The van der Waals surface area contributed by atoms with Crippen molar-refractivity contribution >= 4 is 11.9 Å². The predicted octanol–water partition coefficient (Wildman–Crippen LogP) is 2.38. The molecule has 1 amide bonds. The van der Waals surface area contributed by atoms with Crippen LogP contribution in [0.5, 0.6) is 0 Å². The van der Waals surface area contributed by atoms with Crippen molar-refractivity contribution in [3.63, 3.8) is 0 Å². The van der Waals surface area contributed by atoms with Crippen molar-refractivity contribution in [1.29, 1.82) is 0 Å². The second-order valence-electron chi connectivity index (χ2n) is 7.33. The van der Waals surface area contributed by atoms with E-state index in [1.807, 2.05) is 36.0 Å². The molecule has 1 atom stereocenters. The minimum atomic E-state index is -0.0838. The van der Waals surface area contributed by atoms with Gasteiger partial charge in [-0.3, -0.25) is 4.79 Å². The molecule has 144 valence electrons. The standard InChI is InChI=1S/C20H27N5O2/c1-24-20(25-10-3-2-4-11-25)22-18(23-24)15-7-5-8-16(13-15)19(26)21-14-17-9-6-12-27-17/h5,7-8,13,17H,2-4,6,9-12,14H2,1H3,(H,21,26)/t17-/m1/s1. The van der Waals surface area contributed by atoms with Crippen LogP contribution in [0.4, 0.5) is 5.95 Å². The number of hydrogen-bond donors (Lipinski definition) is 1. The first kappa shape index (κ1) is 18.0. The largest absolute Gasteiger partial charge is 0.376 e. The topological polar surface area (TPSA) is 72.3 Å². The molecule has 2 aliphatic heterocycles. The highest BCUT2D eigenvalue weighted by atomic mass is 16.5. The van der Waals surface area contributed by atoms with E-state index in [1.165, 1.54) is 19.3 Å². The fourth-order valence-electron chi connectivity index (χ4n) is 3.78. The average Bonchev–Trinajstić information content (AvgIpc) is 3.36. The van der Waals surface area contributed by atoms with Gasteiger partial charge in [0.05, 0.1) is 6.10 Å². The van der Waals surface area contributed by atoms with Gasteiger partial charge >= 0.3 is 0 Å². The Bertz CT molecular complexity index is 791. The zero-order valence-corrected chi connectivity index (χ0v) is 15.9. The molecule has 1 aromatic heterocycles. The number of amides is 1. The summed E-state index contributed by atoms with van der Waals surface area (Å²) in [6.45, 7) is 3.40. The number of piperidine rings is 1. The van der Waals surface area contributed by atoms with Crippen molar-refractivity contribution in [2.45, 2.75) is 38.2 Å². The second-order valence-corrected chi connectivity index (χ2v) is 7.33. The molecule has 1 aromatic carbocycles. The first-order valence-corrected chi connectivity index (χ1v) is 9.87. The molecule has 7 heteroatoms. The molecule has 3 heterocycles. The van der Waals surface area contributed by atoms with Gasteiger partial charge in [-0.05, 0) is 44.2 Å². The molecule has 2 fully saturated rings. The number of nitrogens with zero attached hydrogens (tertiary/aromatic N) is 4. The third kappa shape index (κ3) is 4.13. The van der Waals surface area contributed by atoms with E-state index in [1.54, 1.807) is 0 Å². The lowest BCUT2D eigenvalue weighted by molar-refractivity contribution is 0.0858. The van der Waals surface area contributed by atoms with Crippen LogP contribution in [0.2, 0.25) is 0 Å². The van der Waals surface area contributed by atoms with Gasteiger partial charge in [0.2, 0.25) is 5.95 Å². The number of aryl methyl sites for hydroxylation is 1. The van der Waals surface area contributed by atoms with Crippen LogP contribution in [-0.4, -0.2) is 53.0 Å². The van der Waals surface area contributed by atoms with E-state index in [-0.39, 0.29) is 12.0 Å². The Labute approximate surface area is 159 Å². The maximum absolute atomic E-state index is 12.5. The molecule has 0 spiro atoms. The SMILES string of the molecule is Cn1nc(-c2cccc(C(=O)NC[C@H]3CCCO3)c2)nc1N1CCCCC1. The quantitative estimate of drug-likeness (QED) is 0.876. The van der Waals surface area contributed by atoms with E-state index < -0.39 is 0 Å². The van der Waals surface area contributed by atoms with E-state index in [4.69, 9.17) is 9.72 Å². The van der Waals surface area contributed by atoms with Gasteiger partial charge in [0.15, 0.2) is 5.82 Å². The van der Waals surface area contributed by atoms with E-state index in [0.29, 0.717) is 17.9 Å². The first-order chi connectivity index (χ1) is 13.2. The van der Waals surface area contributed by atoms with Crippen LogP contribution in [-0.2, 0) is 11.8 Å². The van der Waals surface area contributed by atoms with Crippen molar-refractivity contribution in [3.8, 4) is 11.4 Å². The summed E-state index contributed by atoms with van der Waals surface area (Å²) in [5, 5.41) is 7.55. The number of rotatable bonds is 5. The highest BCUT2D eigenvalue weighted by Gasteiger charge is 2.19. The summed E-state index contributed by atoms with van der Waals surface area (Å²) >= 11 is 0. The van der Waals surface area contributed by atoms with Crippen molar-refractivity contribution in [3.05, 3.63) is 29.8 Å². The fourth-order valence-corrected chi connectivity index (χ4v) is 3.78. The van der Waals surface area contributed by atoms with Gasteiger partial charge in [0.1, 0.15) is 0 Å². The van der Waals surface area contributed by atoms with Crippen LogP contribution < -0.4 is 10.2 Å². The van der Waals surface area contributed by atoms with Gasteiger partial charge in [0, 0.05) is 44.4 Å². The minimum Gasteiger partial charge on any atom is -0.376 e. The van der Waals surface area contributed by atoms with Crippen LogP contribution in [0.1, 0.15) is 42.5 Å². The highest BCUT2D eigenvalue weighted by molar-refractivity contribution is 5.95. The van der Waals surface area contributed by atoms with Crippen LogP contribution in [0, 0.1) is 0 Å². The number of carbonyl (C=O) groups is 1. The van der Waals surface area contributed by atoms with Crippen LogP contribution in [0.15, 0.2) is 24.3 Å². The number of ether oxygens (including phenoxy) is 1. The molecule has 1 N–H and O–H groups in total. The van der Waals surface area contributed by atoms with Gasteiger partial charge in [-0.2, -0.15) is 4.98 Å². The van der Waals surface area contributed by atoms with Gasteiger partial charge in [0.25, 0.3) is 5.91 Å². The maximum Gasteiger partial charge on any atom is 0.251 e. The molecule has 0 bridgehead atoms. The third-order valence-electron chi connectivity index (χ3n) is 5.28. The van der Waals surface area contributed by atoms with Crippen molar-refractivity contribution in [2.24, 2.45) is 7.05 Å². The maximum atomic E-state index is 12.5. The summed E-state index contributed by atoms with van der Waals surface area (Å²) in [5.41, 5.74) is 1.48. The van der Waals surface area contributed by atoms with Crippen molar-refractivity contribution in [2.75, 3.05) is 31.1 Å². The Morgan fingerprint density at radius 1 is 1.26 bits per heavy atom. The average molecular weight is 369 g/mol. The van der Waals surface area contributed by atoms with E-state index in [9.17, 15) is 4.79 Å². The molecule has 2 aromatic rings. The summed E-state index contributed by atoms with van der Waals surface area (Å²) in [5.74, 6) is 1.48. The Morgan fingerprint density at radius 2 is 2.11 bits per heavy atom. The first-order valence-electron chi connectivity index (χ1n) is 9.87. The number of nitrogens with one attached hydrogen (secondary N) is 1. The number of aromatic nitrogens is 3. The van der Waals surface area contributed by atoms with E-state index >= 15 is 0 Å². The molecule has 2 saturated heterocycles. The monoisotopic (exact) mass is 369 g/mol. The Balaban J connectivity index is 1.47. The van der Waals surface area contributed by atoms with Gasteiger partial charge < -0.3 is 15.0 Å². The lowest BCUT2D eigenvalue weighted by Crippen LogP contribution is -2.31. The third-order valence-corrected chi connectivity index (χ3v) is 5.28. The molecular formula is C20H27N5O2. The number of hydrogen-bond acceptors (Lipinski definition) is 5. The van der Waals surface area contributed by atoms with Crippen molar-refractivity contribution < 1.29 is 9.53 Å². The molecule has 0 radical (unpaired) electrons. The van der Waals surface area contributed by atoms with Gasteiger partial charge in [-0.15, -0.1) is 5.10 Å². The summed E-state index contributed by atoms with van der Waals surface area (Å²) in [6, 6.07) is 7.52. The fraction of sp³-hybridized carbons (Fsp3) is 0.550. The van der Waals surface area contributed by atoms with Gasteiger partial charge in [-0.1, -0.05) is 12.1 Å². The number of benzene rings is 1. The molecule has 7 nitrogen and oxygen atoms in total. The zero-order valence-electron chi connectivity index (χ0n) is 15.9. The van der Waals surface area contributed by atoms with E-state index in [2.05, 4.69) is 15.3 Å². The number of anilines is 1. The van der Waals surface area contributed by atoms with Crippen LogP contribution in [0.25, 0.3) is 11.4 Å². The molecule has 0 unspecified atom stereocenters. The normalized spacial score (nSPS) is 20.0. The van der Waals surface area contributed by atoms with Crippen molar-refractivity contribution in [1.82, 2.24) is 20.1 Å². The molecule has 27 heavy (non-hydrogen) atoms. The molecular weight excluding hydrogens is 342 g/mol. The second kappa shape index (κ2) is 8.08. The smallest absolute Gasteiger partial charge is 0.251 e. The molecule has 2 aliphatic rings. The summed E-state index contributed by atoms with van der Waals surface area (Å²) in [7, 11) is 1.93. The summed E-state index contributed by atoms with van der Waals surface area (Å²) in [6.07, 6.45) is 5.90. The summed E-state index contributed by atoms with van der Waals surface area (Å²) < 4.78 is 7.40. The van der Waals surface area contributed by atoms with E-state index in [0.717, 1.165) is 44.0 Å². The van der Waals surface area contributed by atoms with Crippen LogP contribution in [0.3, 0.4) is 0 Å². The minimum absolute atomic E-state index is 0.0838.